The molecule has 0 radical (unpaired) electrons. The zero-order valence-corrected chi connectivity index (χ0v) is 25.0. The summed E-state index contributed by atoms with van der Waals surface area (Å²) in [5.74, 6) is -1.69. The van der Waals surface area contributed by atoms with Crippen molar-refractivity contribution >= 4 is 23.4 Å². The summed E-state index contributed by atoms with van der Waals surface area (Å²) >= 11 is 0. The van der Waals surface area contributed by atoms with Crippen molar-refractivity contribution in [2.45, 2.75) is 76.9 Å². The van der Waals surface area contributed by atoms with Gasteiger partial charge in [-0.2, -0.15) is 0 Å². The fraction of sp³-hybridized carbons (Fsp3) is 0.412. The summed E-state index contributed by atoms with van der Waals surface area (Å²) in [7, 11) is 0. The van der Waals surface area contributed by atoms with E-state index in [1.807, 2.05) is 35.2 Å². The third kappa shape index (κ3) is 8.94. The van der Waals surface area contributed by atoms with Crippen LogP contribution >= 0.6 is 0 Å². The molecule has 1 fully saturated rings. The Kier molecular flexibility index (Phi) is 11.4. The number of likely N-dealkylation sites (tertiary alicyclic amines) is 1. The van der Waals surface area contributed by atoms with Gasteiger partial charge in [0.05, 0.1) is 0 Å². The molecule has 0 spiro atoms. The Morgan fingerprint density at radius 2 is 1.72 bits per heavy atom. The molecule has 1 saturated heterocycles. The van der Waals surface area contributed by atoms with Gasteiger partial charge in [0.15, 0.2) is 0 Å². The third-order valence-corrected chi connectivity index (χ3v) is 8.03. The summed E-state index contributed by atoms with van der Waals surface area (Å²) in [6, 6.07) is 19.3. The molecule has 4 atom stereocenters. The first-order chi connectivity index (χ1) is 20.7. The average Bonchev–Trinajstić information content (AvgIpc) is 3.02. The van der Waals surface area contributed by atoms with Crippen molar-refractivity contribution in [1.29, 1.82) is 0 Å². The number of benzene rings is 2. The molecule has 8 nitrogen and oxygen atoms in total. The highest BCUT2D eigenvalue weighted by Gasteiger charge is 2.29. The number of hydrogen-bond acceptors (Lipinski definition) is 5. The number of anilines is 1. The molecule has 2 aromatic carbocycles. The Bertz CT molecular complexity index is 1370. The smallest absolute Gasteiger partial charge is 0.272 e. The molecule has 4 N–H and O–H groups in total. The van der Waals surface area contributed by atoms with Crippen molar-refractivity contribution in [2.75, 3.05) is 11.9 Å². The summed E-state index contributed by atoms with van der Waals surface area (Å²) < 4.78 is 13.3. The number of nitrogens with two attached hydrogens (primary N) is 1. The molecule has 2 heterocycles. The quantitative estimate of drug-likeness (QED) is 0.264. The predicted molar refractivity (Wildman–Crippen MR) is 166 cm³/mol. The number of pyridine rings is 1. The lowest BCUT2D eigenvalue weighted by atomic mass is 9.92. The van der Waals surface area contributed by atoms with Gasteiger partial charge in [-0.25, -0.2) is 9.37 Å². The molecule has 0 saturated carbocycles. The van der Waals surface area contributed by atoms with Gasteiger partial charge in [-0.05, 0) is 80.5 Å². The summed E-state index contributed by atoms with van der Waals surface area (Å²) in [6.07, 6.45) is 5.76. The van der Waals surface area contributed by atoms with Gasteiger partial charge in [-0.15, -0.1) is 0 Å². The minimum atomic E-state index is -0.564. The SMILES string of the molecule is CCCC1CCCCN1C(=O)c1cccc(C(=O)N[C@@H](Cc2ccccc2)[C@@H](N)C[C@@H](C)C(=O)Nc2ccc(F)cc2)n1. The minimum Gasteiger partial charge on any atom is -0.346 e. The van der Waals surface area contributed by atoms with Gasteiger partial charge in [0.25, 0.3) is 11.8 Å². The van der Waals surface area contributed by atoms with Crippen LogP contribution in [0, 0.1) is 11.7 Å². The Morgan fingerprint density at radius 1 is 1.00 bits per heavy atom. The molecule has 3 amide bonds. The van der Waals surface area contributed by atoms with Gasteiger partial charge in [-0.1, -0.05) is 56.7 Å². The number of amides is 3. The van der Waals surface area contributed by atoms with Crippen LogP contribution in [0.1, 0.15) is 78.9 Å². The molecule has 0 aliphatic carbocycles. The second-order valence-corrected chi connectivity index (χ2v) is 11.4. The van der Waals surface area contributed by atoms with Crippen LogP contribution in [0.3, 0.4) is 0 Å². The molecule has 43 heavy (non-hydrogen) atoms. The third-order valence-electron chi connectivity index (χ3n) is 8.03. The standard InChI is InChI=1S/C34H42FN5O3/c1-3-10-27-13-7-8-20-40(27)34(43)30-15-9-14-29(38-30)33(42)39-31(22-24-11-5-4-6-12-24)28(36)21-23(2)32(41)37-26-18-16-25(35)17-19-26/h4-6,9,11-12,14-19,23,27-28,31H,3,7-8,10,13,20-22,36H2,1-2H3,(H,37,41)(H,39,42)/t23-,27?,28+,31+/m1/s1. The summed E-state index contributed by atoms with van der Waals surface area (Å²) in [5, 5.41) is 5.82. The van der Waals surface area contributed by atoms with Crippen LogP contribution in [0.4, 0.5) is 10.1 Å². The number of nitrogens with one attached hydrogen (secondary N) is 2. The van der Waals surface area contributed by atoms with Crippen LogP contribution in [0.5, 0.6) is 0 Å². The number of piperidine rings is 1. The second-order valence-electron chi connectivity index (χ2n) is 11.4. The molecule has 3 aromatic rings. The van der Waals surface area contributed by atoms with Gasteiger partial charge in [0.1, 0.15) is 17.2 Å². The Balaban J connectivity index is 1.46. The number of carbonyl (C=O) groups is 3. The monoisotopic (exact) mass is 587 g/mol. The van der Waals surface area contributed by atoms with Gasteiger partial charge >= 0.3 is 0 Å². The molecule has 1 aliphatic heterocycles. The highest BCUT2D eigenvalue weighted by molar-refractivity contribution is 5.96. The van der Waals surface area contributed by atoms with Crippen LogP contribution in [0.15, 0.2) is 72.8 Å². The zero-order valence-electron chi connectivity index (χ0n) is 25.0. The van der Waals surface area contributed by atoms with E-state index in [4.69, 9.17) is 5.73 Å². The van der Waals surface area contributed by atoms with Gasteiger partial charge < -0.3 is 21.3 Å². The van der Waals surface area contributed by atoms with Crippen LogP contribution in [0.25, 0.3) is 0 Å². The van der Waals surface area contributed by atoms with Gasteiger partial charge in [0.2, 0.25) is 5.91 Å². The summed E-state index contributed by atoms with van der Waals surface area (Å²) in [5.41, 5.74) is 8.51. The first-order valence-corrected chi connectivity index (χ1v) is 15.2. The number of hydrogen-bond donors (Lipinski definition) is 3. The van der Waals surface area contributed by atoms with Crippen molar-refractivity contribution in [3.63, 3.8) is 0 Å². The Labute approximate surface area is 253 Å². The number of halogens is 1. The number of aromatic nitrogens is 1. The molecule has 1 aromatic heterocycles. The lowest BCUT2D eigenvalue weighted by Gasteiger charge is -2.35. The Morgan fingerprint density at radius 3 is 2.44 bits per heavy atom. The van der Waals surface area contributed by atoms with E-state index in [9.17, 15) is 18.8 Å². The highest BCUT2D eigenvalue weighted by Crippen LogP contribution is 2.23. The molecular weight excluding hydrogens is 545 g/mol. The molecule has 1 unspecified atom stereocenters. The fourth-order valence-corrected chi connectivity index (χ4v) is 5.63. The van der Waals surface area contributed by atoms with E-state index in [1.165, 1.54) is 24.3 Å². The first kappa shape index (κ1) is 31.8. The molecule has 0 bridgehead atoms. The average molecular weight is 588 g/mol. The maximum absolute atomic E-state index is 13.5. The van der Waals surface area contributed by atoms with Crippen LogP contribution in [-0.4, -0.2) is 52.3 Å². The van der Waals surface area contributed by atoms with E-state index in [0.29, 0.717) is 25.1 Å². The minimum absolute atomic E-state index is 0.141. The van der Waals surface area contributed by atoms with E-state index in [1.54, 1.807) is 25.1 Å². The summed E-state index contributed by atoms with van der Waals surface area (Å²) in [4.78, 5) is 46.1. The Hall–Kier alpha value is -4.11. The maximum atomic E-state index is 13.5. The van der Waals surface area contributed by atoms with Gasteiger partial charge in [-0.3, -0.25) is 14.4 Å². The largest absolute Gasteiger partial charge is 0.346 e. The van der Waals surface area contributed by atoms with Crippen molar-refractivity contribution in [2.24, 2.45) is 11.7 Å². The fourth-order valence-electron chi connectivity index (χ4n) is 5.63. The van der Waals surface area contributed by atoms with Crippen LogP contribution in [0.2, 0.25) is 0 Å². The van der Waals surface area contributed by atoms with E-state index in [0.717, 1.165) is 37.7 Å². The van der Waals surface area contributed by atoms with E-state index in [2.05, 4.69) is 22.5 Å². The van der Waals surface area contributed by atoms with Crippen LogP contribution < -0.4 is 16.4 Å². The summed E-state index contributed by atoms with van der Waals surface area (Å²) in [6.45, 7) is 4.58. The second kappa shape index (κ2) is 15.4. The normalized spacial score (nSPS) is 17.0. The maximum Gasteiger partial charge on any atom is 0.272 e. The number of nitrogens with zero attached hydrogens (tertiary/aromatic N) is 2. The highest BCUT2D eigenvalue weighted by atomic mass is 19.1. The molecular formula is C34H42FN5O3. The zero-order chi connectivity index (χ0) is 30.8. The van der Waals surface area contributed by atoms with Crippen LogP contribution in [-0.2, 0) is 11.2 Å². The molecule has 4 rings (SSSR count). The van der Waals surface area contributed by atoms with Crippen molar-refractivity contribution in [1.82, 2.24) is 15.2 Å². The van der Waals surface area contributed by atoms with Crippen molar-refractivity contribution in [3.8, 4) is 0 Å². The van der Waals surface area contributed by atoms with Crippen molar-refractivity contribution in [3.05, 3.63) is 95.6 Å². The lowest BCUT2D eigenvalue weighted by molar-refractivity contribution is -0.119. The van der Waals surface area contributed by atoms with Gasteiger partial charge in [0, 0.05) is 36.3 Å². The first-order valence-electron chi connectivity index (χ1n) is 15.2. The van der Waals surface area contributed by atoms with E-state index < -0.39 is 23.9 Å². The van der Waals surface area contributed by atoms with E-state index in [-0.39, 0.29) is 35.1 Å². The lowest BCUT2D eigenvalue weighted by Crippen LogP contribution is -2.50. The topological polar surface area (TPSA) is 117 Å². The van der Waals surface area contributed by atoms with E-state index >= 15 is 0 Å². The molecule has 9 heteroatoms. The molecule has 228 valence electrons. The number of rotatable bonds is 12. The van der Waals surface area contributed by atoms with Crippen molar-refractivity contribution < 1.29 is 18.8 Å². The predicted octanol–water partition coefficient (Wildman–Crippen LogP) is 5.35. The molecule has 1 aliphatic rings. The number of carbonyl (C=O) groups excluding carboxylic acids is 3.